The van der Waals surface area contributed by atoms with Crippen molar-refractivity contribution >= 4 is 15.9 Å². The molecule has 0 unspecified atom stereocenters. The Morgan fingerprint density at radius 2 is 2.13 bits per heavy atom. The quantitative estimate of drug-likeness (QED) is 0.758. The first-order valence-corrected chi connectivity index (χ1v) is 5.38. The molecule has 0 bridgehead atoms. The zero-order valence-corrected chi connectivity index (χ0v) is 9.67. The summed E-state index contributed by atoms with van der Waals surface area (Å²) in [5.74, 6) is -0.364. The van der Waals surface area contributed by atoms with Gasteiger partial charge in [0.1, 0.15) is 5.82 Å². The van der Waals surface area contributed by atoms with Gasteiger partial charge in [-0.25, -0.2) is 4.39 Å². The van der Waals surface area contributed by atoms with Gasteiger partial charge in [-0.3, -0.25) is 0 Å². The van der Waals surface area contributed by atoms with Crippen LogP contribution in [0.5, 0.6) is 0 Å². The van der Waals surface area contributed by atoms with Crippen molar-refractivity contribution < 1.29 is 14.6 Å². The minimum atomic E-state index is -0.364. The first-order valence-electron chi connectivity index (χ1n) is 4.59. The minimum Gasteiger partial charge on any atom is -0.395 e. The van der Waals surface area contributed by atoms with E-state index in [9.17, 15) is 4.39 Å². The lowest BCUT2D eigenvalue weighted by molar-refractivity contribution is 0.227. The number of benzene rings is 1. The second-order valence-electron chi connectivity index (χ2n) is 3.09. The summed E-state index contributed by atoms with van der Waals surface area (Å²) in [6.45, 7) is 0.208. The lowest BCUT2D eigenvalue weighted by atomic mass is 10.1. The number of nitrogens with one attached hydrogen (secondary N) is 1. The zero-order valence-electron chi connectivity index (χ0n) is 8.08. The van der Waals surface area contributed by atoms with Gasteiger partial charge in [0.2, 0.25) is 0 Å². The molecule has 0 aliphatic rings. The molecule has 1 aromatic rings. The smallest absolute Gasteiger partial charge is 0.137 e. The number of rotatable bonds is 5. The molecule has 1 rings (SSSR count). The predicted octanol–water partition coefficient (Wildman–Crippen LogP) is 1.20. The third-order valence-electron chi connectivity index (χ3n) is 2.03. The highest BCUT2D eigenvalue weighted by Crippen LogP contribution is 2.20. The van der Waals surface area contributed by atoms with E-state index in [0.717, 1.165) is 0 Å². The molecule has 0 saturated carbocycles. The molecule has 0 aromatic heterocycles. The molecule has 3 nitrogen and oxygen atoms in total. The Morgan fingerprint density at radius 3 is 2.67 bits per heavy atom. The van der Waals surface area contributed by atoms with Crippen LogP contribution in [0.4, 0.5) is 4.39 Å². The zero-order chi connectivity index (χ0) is 11.3. The molecule has 0 amide bonds. The fourth-order valence-corrected chi connectivity index (χ4v) is 1.50. The molecule has 1 aromatic carbocycles. The molecule has 0 aliphatic heterocycles. The van der Waals surface area contributed by atoms with Crippen molar-refractivity contribution in [3.8, 4) is 0 Å². The highest BCUT2D eigenvalue weighted by molar-refractivity contribution is 9.10. The number of hydrogen-bond acceptors (Lipinski definition) is 3. The van der Waals surface area contributed by atoms with E-state index in [4.69, 9.17) is 10.2 Å². The lowest BCUT2D eigenvalue weighted by Gasteiger charge is -2.16. The van der Waals surface area contributed by atoms with Crippen LogP contribution in [0, 0.1) is 5.82 Å². The average Bonchev–Trinajstić information content (AvgIpc) is 2.24. The SMILES string of the molecule is OCCN[C@H](CO)c1ccc(Br)c(F)c1. The first kappa shape index (κ1) is 12.6. The van der Waals surface area contributed by atoms with Gasteiger partial charge in [0.05, 0.1) is 23.7 Å². The van der Waals surface area contributed by atoms with Gasteiger partial charge >= 0.3 is 0 Å². The third-order valence-corrected chi connectivity index (χ3v) is 2.67. The van der Waals surface area contributed by atoms with Crippen molar-refractivity contribution in [2.24, 2.45) is 0 Å². The molecule has 0 saturated heterocycles. The van der Waals surface area contributed by atoms with E-state index in [2.05, 4.69) is 21.2 Å². The standard InChI is InChI=1S/C10H13BrFNO2/c11-8-2-1-7(5-9(8)12)10(6-15)13-3-4-14/h1-2,5,10,13-15H,3-4,6H2/t10-/m1/s1. The van der Waals surface area contributed by atoms with Gasteiger partial charge < -0.3 is 15.5 Å². The number of aliphatic hydroxyl groups excluding tert-OH is 2. The Balaban J connectivity index is 2.78. The minimum absolute atomic E-state index is 0.0183. The Hall–Kier alpha value is -0.490. The fourth-order valence-electron chi connectivity index (χ4n) is 1.26. The Labute approximate surface area is 96.1 Å². The summed E-state index contributed by atoms with van der Waals surface area (Å²) in [4.78, 5) is 0. The molecule has 0 fully saturated rings. The molecule has 15 heavy (non-hydrogen) atoms. The van der Waals surface area contributed by atoms with E-state index in [1.165, 1.54) is 6.07 Å². The molecular formula is C10H13BrFNO2. The average molecular weight is 278 g/mol. The van der Waals surface area contributed by atoms with Gasteiger partial charge in [0.25, 0.3) is 0 Å². The summed E-state index contributed by atoms with van der Waals surface area (Å²) in [6.07, 6.45) is 0. The third kappa shape index (κ3) is 3.53. The largest absolute Gasteiger partial charge is 0.395 e. The maximum absolute atomic E-state index is 13.2. The highest BCUT2D eigenvalue weighted by Gasteiger charge is 2.11. The maximum Gasteiger partial charge on any atom is 0.137 e. The van der Waals surface area contributed by atoms with Gasteiger partial charge in [-0.1, -0.05) is 6.07 Å². The Kier molecular flexibility index (Phi) is 5.17. The van der Waals surface area contributed by atoms with E-state index < -0.39 is 0 Å². The highest BCUT2D eigenvalue weighted by atomic mass is 79.9. The number of halogens is 2. The second-order valence-corrected chi connectivity index (χ2v) is 3.94. The molecule has 84 valence electrons. The molecule has 0 radical (unpaired) electrons. The van der Waals surface area contributed by atoms with E-state index in [1.54, 1.807) is 12.1 Å². The van der Waals surface area contributed by atoms with Crippen LogP contribution in [-0.4, -0.2) is 30.0 Å². The van der Waals surface area contributed by atoms with Crippen LogP contribution in [0.1, 0.15) is 11.6 Å². The molecule has 1 atom stereocenters. The van der Waals surface area contributed by atoms with E-state index in [0.29, 0.717) is 16.6 Å². The van der Waals surface area contributed by atoms with E-state index >= 15 is 0 Å². The van der Waals surface area contributed by atoms with Crippen LogP contribution in [-0.2, 0) is 0 Å². The summed E-state index contributed by atoms with van der Waals surface area (Å²) >= 11 is 3.06. The monoisotopic (exact) mass is 277 g/mol. The van der Waals surface area contributed by atoms with Crippen molar-refractivity contribution in [1.29, 1.82) is 0 Å². The first-order chi connectivity index (χ1) is 7.19. The summed E-state index contributed by atoms with van der Waals surface area (Å²) in [7, 11) is 0. The number of hydrogen-bond donors (Lipinski definition) is 3. The molecule has 5 heteroatoms. The summed E-state index contributed by atoms with van der Waals surface area (Å²) in [5, 5.41) is 20.6. The van der Waals surface area contributed by atoms with Crippen LogP contribution in [0.3, 0.4) is 0 Å². The molecule has 0 spiro atoms. The van der Waals surface area contributed by atoms with Gasteiger partial charge in [0.15, 0.2) is 0 Å². The van der Waals surface area contributed by atoms with Crippen LogP contribution in [0.2, 0.25) is 0 Å². The lowest BCUT2D eigenvalue weighted by Crippen LogP contribution is -2.27. The van der Waals surface area contributed by atoms with E-state index in [1.807, 2.05) is 0 Å². The predicted molar refractivity (Wildman–Crippen MR) is 59.0 cm³/mol. The van der Waals surface area contributed by atoms with Crippen molar-refractivity contribution in [2.75, 3.05) is 19.8 Å². The Morgan fingerprint density at radius 1 is 1.40 bits per heavy atom. The van der Waals surface area contributed by atoms with Crippen molar-refractivity contribution in [1.82, 2.24) is 5.32 Å². The van der Waals surface area contributed by atoms with Crippen LogP contribution in [0.15, 0.2) is 22.7 Å². The normalized spacial score (nSPS) is 12.8. The maximum atomic E-state index is 13.2. The van der Waals surface area contributed by atoms with Crippen LogP contribution >= 0.6 is 15.9 Å². The molecule has 3 N–H and O–H groups in total. The number of aliphatic hydroxyl groups is 2. The van der Waals surface area contributed by atoms with Crippen LogP contribution < -0.4 is 5.32 Å². The van der Waals surface area contributed by atoms with Gasteiger partial charge in [-0.15, -0.1) is 0 Å². The molecule has 0 aliphatic carbocycles. The summed E-state index contributed by atoms with van der Waals surface area (Å²) in [6, 6.07) is 4.32. The fraction of sp³-hybridized carbons (Fsp3) is 0.400. The molecule has 0 heterocycles. The van der Waals surface area contributed by atoms with Crippen molar-refractivity contribution in [3.63, 3.8) is 0 Å². The van der Waals surface area contributed by atoms with Gasteiger partial charge in [-0.2, -0.15) is 0 Å². The van der Waals surface area contributed by atoms with Crippen molar-refractivity contribution in [3.05, 3.63) is 34.1 Å². The Bertz CT molecular complexity index is 322. The summed E-state index contributed by atoms with van der Waals surface area (Å²) < 4.78 is 13.6. The summed E-state index contributed by atoms with van der Waals surface area (Å²) in [5.41, 5.74) is 0.659. The van der Waals surface area contributed by atoms with Crippen molar-refractivity contribution in [2.45, 2.75) is 6.04 Å². The molecular weight excluding hydrogens is 265 g/mol. The van der Waals surface area contributed by atoms with Crippen LogP contribution in [0.25, 0.3) is 0 Å². The van der Waals surface area contributed by atoms with Gasteiger partial charge in [0, 0.05) is 6.54 Å². The topological polar surface area (TPSA) is 52.5 Å². The van der Waals surface area contributed by atoms with Gasteiger partial charge in [-0.05, 0) is 33.6 Å². The van der Waals surface area contributed by atoms with E-state index in [-0.39, 0.29) is 25.1 Å². The second kappa shape index (κ2) is 6.17.